The fourth-order valence-corrected chi connectivity index (χ4v) is 4.57. The molecule has 3 heteroatoms. The van der Waals surface area contributed by atoms with Crippen LogP contribution in [0.2, 0.25) is 0 Å². The van der Waals surface area contributed by atoms with Crippen LogP contribution in [-0.2, 0) is 9.47 Å². The zero-order chi connectivity index (χ0) is 21.0. The molecule has 174 valence electrons. The third-order valence-corrected chi connectivity index (χ3v) is 6.59. The molecule has 0 saturated carbocycles. The van der Waals surface area contributed by atoms with Gasteiger partial charge in [0, 0.05) is 6.61 Å². The van der Waals surface area contributed by atoms with Crippen LogP contribution in [-0.4, -0.2) is 50.2 Å². The first kappa shape index (κ1) is 26.9. The predicted molar refractivity (Wildman–Crippen MR) is 126 cm³/mol. The highest BCUT2D eigenvalue weighted by Gasteiger charge is 2.38. The Morgan fingerprint density at radius 3 is 1.66 bits per heavy atom. The normalized spacial score (nSPS) is 18.5. The Balaban J connectivity index is 1.93. The topological polar surface area (TPSA) is 18.5 Å². The van der Waals surface area contributed by atoms with Crippen LogP contribution < -0.4 is 0 Å². The fourth-order valence-electron chi connectivity index (χ4n) is 4.57. The average Bonchev–Trinajstić information content (AvgIpc) is 3.14. The molecule has 1 saturated heterocycles. The lowest BCUT2D eigenvalue weighted by atomic mass is 10.1. The minimum absolute atomic E-state index is 0.320. The van der Waals surface area contributed by atoms with Gasteiger partial charge in [-0.2, -0.15) is 0 Å². The largest absolute Gasteiger partial charge is 0.379 e. The summed E-state index contributed by atoms with van der Waals surface area (Å²) in [6, 6.07) is 0. The Labute approximate surface area is 183 Å². The highest BCUT2D eigenvalue weighted by Crippen LogP contribution is 2.22. The van der Waals surface area contributed by atoms with Crippen molar-refractivity contribution in [3.8, 4) is 0 Å². The lowest BCUT2D eigenvalue weighted by Crippen LogP contribution is -2.48. The van der Waals surface area contributed by atoms with Crippen molar-refractivity contribution in [1.82, 2.24) is 0 Å². The van der Waals surface area contributed by atoms with E-state index in [1.165, 1.54) is 127 Å². The summed E-state index contributed by atoms with van der Waals surface area (Å²) in [5, 5.41) is 0. The third kappa shape index (κ3) is 13.7. The van der Waals surface area contributed by atoms with E-state index in [4.69, 9.17) is 9.47 Å². The second kappa shape index (κ2) is 18.6. The second-order valence-electron chi connectivity index (χ2n) is 9.56. The van der Waals surface area contributed by atoms with Crippen molar-refractivity contribution in [2.45, 2.75) is 130 Å². The number of hydrogen-bond donors (Lipinski definition) is 0. The molecule has 3 nitrogen and oxygen atoms in total. The van der Waals surface area contributed by atoms with Gasteiger partial charge in [0.05, 0.1) is 19.7 Å². The van der Waals surface area contributed by atoms with Gasteiger partial charge in [0.1, 0.15) is 12.6 Å². The monoisotopic (exact) mass is 412 g/mol. The summed E-state index contributed by atoms with van der Waals surface area (Å²) in [6.07, 6.45) is 22.3. The number of hydrogen-bond acceptors (Lipinski definition) is 2. The smallest absolute Gasteiger partial charge is 0.183 e. The molecule has 1 heterocycles. The van der Waals surface area contributed by atoms with Gasteiger partial charge in [-0.25, -0.2) is 0 Å². The van der Waals surface area contributed by atoms with Gasteiger partial charge in [0.25, 0.3) is 0 Å². The van der Waals surface area contributed by atoms with Crippen LogP contribution in [0.25, 0.3) is 0 Å². The maximum absolute atomic E-state index is 6.12. The first-order chi connectivity index (χ1) is 14.3. The van der Waals surface area contributed by atoms with E-state index in [1.807, 2.05) is 0 Å². The van der Waals surface area contributed by atoms with Crippen molar-refractivity contribution in [2.75, 3.05) is 39.6 Å². The molecule has 1 aliphatic rings. The molecule has 0 spiro atoms. The molecule has 0 aromatic carbocycles. The molecule has 0 amide bonds. The molecule has 0 bridgehead atoms. The summed E-state index contributed by atoms with van der Waals surface area (Å²) in [5.74, 6) is 0. The Kier molecular flexibility index (Phi) is 17.3. The first-order valence-electron chi connectivity index (χ1n) is 13.3. The van der Waals surface area contributed by atoms with E-state index in [1.54, 1.807) is 0 Å². The molecule has 1 fully saturated rings. The number of ether oxygens (including phenoxy) is 2. The van der Waals surface area contributed by atoms with Gasteiger partial charge in [0.2, 0.25) is 0 Å². The lowest BCUT2D eigenvalue weighted by molar-refractivity contribution is -0.926. The summed E-state index contributed by atoms with van der Waals surface area (Å²) >= 11 is 0. The third-order valence-electron chi connectivity index (χ3n) is 6.59. The van der Waals surface area contributed by atoms with Crippen molar-refractivity contribution in [3.63, 3.8) is 0 Å². The zero-order valence-corrected chi connectivity index (χ0v) is 20.4. The Hall–Kier alpha value is -0.120. The Morgan fingerprint density at radius 1 is 0.655 bits per heavy atom. The molecule has 1 aliphatic heterocycles. The van der Waals surface area contributed by atoms with E-state index < -0.39 is 0 Å². The van der Waals surface area contributed by atoms with Crippen molar-refractivity contribution in [2.24, 2.45) is 0 Å². The summed E-state index contributed by atoms with van der Waals surface area (Å²) in [4.78, 5) is 0. The second-order valence-corrected chi connectivity index (χ2v) is 9.56. The highest BCUT2D eigenvalue weighted by atomic mass is 16.6. The van der Waals surface area contributed by atoms with Gasteiger partial charge in [-0.3, -0.25) is 4.48 Å². The average molecular weight is 413 g/mol. The Bertz CT molecular complexity index is 340. The molecular formula is C26H54NO2+. The van der Waals surface area contributed by atoms with Crippen molar-refractivity contribution >= 4 is 0 Å². The van der Waals surface area contributed by atoms with Gasteiger partial charge >= 0.3 is 0 Å². The molecule has 0 aliphatic carbocycles. The molecule has 0 aromatic rings. The van der Waals surface area contributed by atoms with Crippen LogP contribution in [0.15, 0.2) is 0 Å². The number of nitrogens with zero attached hydrogens (tertiary/aromatic N) is 1. The SMILES string of the molecule is CCCCCCCCCCCCCCOCC1C[N+](CCCC)(CCCC)CO1. The van der Waals surface area contributed by atoms with E-state index in [0.717, 1.165) is 19.9 Å². The maximum Gasteiger partial charge on any atom is 0.183 e. The van der Waals surface area contributed by atoms with Gasteiger partial charge in [-0.15, -0.1) is 0 Å². The quantitative estimate of drug-likeness (QED) is 0.144. The van der Waals surface area contributed by atoms with Gasteiger partial charge in [0.15, 0.2) is 6.73 Å². The molecule has 1 atom stereocenters. The molecule has 29 heavy (non-hydrogen) atoms. The summed E-state index contributed by atoms with van der Waals surface area (Å²) in [7, 11) is 0. The van der Waals surface area contributed by atoms with Crippen LogP contribution in [0, 0.1) is 0 Å². The van der Waals surface area contributed by atoms with E-state index in [9.17, 15) is 0 Å². The molecular weight excluding hydrogens is 358 g/mol. The molecule has 1 unspecified atom stereocenters. The van der Waals surface area contributed by atoms with Crippen molar-refractivity contribution < 1.29 is 14.0 Å². The maximum atomic E-state index is 6.12. The molecule has 0 radical (unpaired) electrons. The number of unbranched alkanes of at least 4 members (excludes halogenated alkanes) is 13. The fraction of sp³-hybridized carbons (Fsp3) is 1.00. The summed E-state index contributed by atoms with van der Waals surface area (Å²) < 4.78 is 13.3. The van der Waals surface area contributed by atoms with Gasteiger partial charge in [-0.1, -0.05) is 104 Å². The summed E-state index contributed by atoms with van der Waals surface area (Å²) in [5.41, 5.74) is 0. The minimum Gasteiger partial charge on any atom is -0.379 e. The molecule has 1 rings (SSSR count). The summed E-state index contributed by atoms with van der Waals surface area (Å²) in [6.45, 7) is 13.2. The van der Waals surface area contributed by atoms with Gasteiger partial charge < -0.3 is 9.47 Å². The van der Waals surface area contributed by atoms with E-state index >= 15 is 0 Å². The van der Waals surface area contributed by atoms with Crippen LogP contribution >= 0.6 is 0 Å². The van der Waals surface area contributed by atoms with E-state index in [-0.39, 0.29) is 0 Å². The Morgan fingerprint density at radius 2 is 1.14 bits per heavy atom. The minimum atomic E-state index is 0.320. The number of rotatable bonds is 21. The van der Waals surface area contributed by atoms with Crippen LogP contribution in [0.5, 0.6) is 0 Å². The molecule has 0 aromatic heterocycles. The van der Waals surface area contributed by atoms with E-state index in [2.05, 4.69) is 20.8 Å². The standard InChI is InChI=1S/C26H54NO2/c1-4-7-10-11-12-13-14-15-16-17-18-19-22-28-24-26-23-27(25-29-26,20-8-5-2)21-9-6-3/h26H,4-25H2,1-3H3/q+1. The van der Waals surface area contributed by atoms with Crippen LogP contribution in [0.1, 0.15) is 124 Å². The van der Waals surface area contributed by atoms with Crippen molar-refractivity contribution in [3.05, 3.63) is 0 Å². The predicted octanol–water partition coefficient (Wildman–Crippen LogP) is 7.48. The van der Waals surface area contributed by atoms with Gasteiger partial charge in [-0.05, 0) is 19.3 Å². The van der Waals surface area contributed by atoms with E-state index in [0.29, 0.717) is 6.10 Å². The first-order valence-corrected chi connectivity index (χ1v) is 13.3. The number of quaternary nitrogens is 1. The zero-order valence-electron chi connectivity index (χ0n) is 20.4. The van der Waals surface area contributed by atoms with Crippen LogP contribution in [0.3, 0.4) is 0 Å². The van der Waals surface area contributed by atoms with Crippen LogP contribution in [0.4, 0.5) is 0 Å². The lowest BCUT2D eigenvalue weighted by Gasteiger charge is -2.32. The molecule has 0 N–H and O–H groups in total. The highest BCUT2D eigenvalue weighted by molar-refractivity contribution is 4.63. The van der Waals surface area contributed by atoms with Crippen molar-refractivity contribution in [1.29, 1.82) is 0 Å².